The van der Waals surface area contributed by atoms with Crippen molar-refractivity contribution in [2.45, 2.75) is 19.5 Å². The summed E-state index contributed by atoms with van der Waals surface area (Å²) in [5, 5.41) is 11.4. The second-order valence-corrected chi connectivity index (χ2v) is 7.61. The van der Waals surface area contributed by atoms with Gasteiger partial charge in [0.1, 0.15) is 5.76 Å². The predicted octanol–water partition coefficient (Wildman–Crippen LogP) is 4.67. The Balaban J connectivity index is 1.88. The summed E-state index contributed by atoms with van der Waals surface area (Å²) in [4.78, 5) is 31.7. The fourth-order valence-corrected chi connectivity index (χ4v) is 3.88. The molecule has 6 heteroatoms. The summed E-state index contributed by atoms with van der Waals surface area (Å²) < 4.78 is 0. The molecule has 1 atom stereocenters. The minimum Gasteiger partial charge on any atom is -0.507 e. The van der Waals surface area contributed by atoms with Crippen LogP contribution in [-0.2, 0) is 16.1 Å². The van der Waals surface area contributed by atoms with Gasteiger partial charge >= 0.3 is 0 Å². The number of aliphatic hydroxyl groups excluding tert-OH is 1. The topological polar surface area (TPSA) is 70.5 Å². The quantitative estimate of drug-likeness (QED) is 0.380. The molecule has 30 heavy (non-hydrogen) atoms. The van der Waals surface area contributed by atoms with Crippen LogP contribution in [0.3, 0.4) is 0 Å². The number of carbonyl (C=O) groups excluding carboxylic acids is 2. The number of rotatable bonds is 4. The molecule has 4 rings (SSSR count). The largest absolute Gasteiger partial charge is 0.507 e. The Morgan fingerprint density at radius 2 is 1.87 bits per heavy atom. The number of amides is 1. The molecule has 1 aromatic heterocycles. The second kappa shape index (κ2) is 8.13. The van der Waals surface area contributed by atoms with Crippen molar-refractivity contribution < 1.29 is 14.7 Å². The Morgan fingerprint density at radius 1 is 1.07 bits per heavy atom. The number of hydrogen-bond acceptors (Lipinski definition) is 4. The molecule has 3 aromatic rings. The van der Waals surface area contributed by atoms with Crippen molar-refractivity contribution in [2.75, 3.05) is 0 Å². The van der Waals surface area contributed by atoms with E-state index in [0.717, 1.165) is 11.1 Å². The fourth-order valence-electron chi connectivity index (χ4n) is 3.69. The first-order valence-electron chi connectivity index (χ1n) is 9.46. The van der Waals surface area contributed by atoms with Crippen LogP contribution in [0, 0.1) is 6.92 Å². The number of likely N-dealkylation sites (tertiary alicyclic amines) is 1. The Morgan fingerprint density at radius 3 is 2.57 bits per heavy atom. The van der Waals surface area contributed by atoms with Gasteiger partial charge in [0.15, 0.2) is 0 Å². The molecule has 1 aliphatic heterocycles. The SMILES string of the molecule is Cc1cccc(C2/C(=C(/O)c3cccc(Cl)c3)C(=O)C(=O)N2Cc2ccccn2)c1. The fraction of sp³-hybridized carbons (Fsp3) is 0.125. The van der Waals surface area contributed by atoms with Gasteiger partial charge in [0.2, 0.25) is 0 Å². The van der Waals surface area contributed by atoms with Crippen molar-refractivity contribution in [1.82, 2.24) is 9.88 Å². The van der Waals surface area contributed by atoms with E-state index in [1.54, 1.807) is 42.6 Å². The molecule has 2 aromatic carbocycles. The Hall–Kier alpha value is -3.44. The van der Waals surface area contributed by atoms with Gasteiger partial charge in [-0.1, -0.05) is 59.6 Å². The number of aromatic nitrogens is 1. The summed E-state index contributed by atoms with van der Waals surface area (Å²) in [5.74, 6) is -1.64. The van der Waals surface area contributed by atoms with E-state index in [1.807, 2.05) is 37.3 Å². The van der Waals surface area contributed by atoms with Crippen LogP contribution in [0.15, 0.2) is 78.5 Å². The van der Waals surface area contributed by atoms with Gasteiger partial charge in [-0.15, -0.1) is 0 Å². The molecule has 1 amide bonds. The molecule has 1 fully saturated rings. The number of Topliss-reactive ketones (excluding diaryl/α,β-unsaturated/α-hetero) is 1. The lowest BCUT2D eigenvalue weighted by Gasteiger charge is -2.25. The molecular formula is C24H19ClN2O3. The zero-order valence-electron chi connectivity index (χ0n) is 16.2. The third-order valence-corrected chi connectivity index (χ3v) is 5.29. The van der Waals surface area contributed by atoms with Crippen LogP contribution < -0.4 is 0 Å². The minimum absolute atomic E-state index is 0.0452. The van der Waals surface area contributed by atoms with Crippen LogP contribution in [0.2, 0.25) is 5.02 Å². The molecule has 150 valence electrons. The van der Waals surface area contributed by atoms with E-state index in [0.29, 0.717) is 16.3 Å². The summed E-state index contributed by atoms with van der Waals surface area (Å²) in [6.45, 7) is 2.09. The molecule has 0 spiro atoms. The molecule has 1 N–H and O–H groups in total. The van der Waals surface area contributed by atoms with E-state index in [2.05, 4.69) is 4.98 Å². The highest BCUT2D eigenvalue weighted by molar-refractivity contribution is 6.46. The molecule has 2 heterocycles. The second-order valence-electron chi connectivity index (χ2n) is 7.17. The van der Waals surface area contributed by atoms with Crippen LogP contribution >= 0.6 is 11.6 Å². The van der Waals surface area contributed by atoms with Gasteiger partial charge in [0.05, 0.1) is 23.9 Å². The number of aryl methyl sites for hydroxylation is 1. The molecule has 1 aliphatic rings. The van der Waals surface area contributed by atoms with Gasteiger partial charge in [-0.25, -0.2) is 0 Å². The number of halogens is 1. The van der Waals surface area contributed by atoms with E-state index in [9.17, 15) is 14.7 Å². The van der Waals surface area contributed by atoms with Crippen molar-refractivity contribution >= 4 is 29.1 Å². The summed E-state index contributed by atoms with van der Waals surface area (Å²) in [6.07, 6.45) is 1.64. The van der Waals surface area contributed by atoms with Gasteiger partial charge in [0.25, 0.3) is 11.7 Å². The average molecular weight is 419 g/mol. The lowest BCUT2D eigenvalue weighted by Crippen LogP contribution is -2.29. The zero-order chi connectivity index (χ0) is 21.3. The summed E-state index contributed by atoms with van der Waals surface area (Å²) in [5.41, 5.74) is 2.81. The third-order valence-electron chi connectivity index (χ3n) is 5.05. The van der Waals surface area contributed by atoms with Crippen LogP contribution in [0.5, 0.6) is 0 Å². The van der Waals surface area contributed by atoms with Crippen molar-refractivity contribution in [2.24, 2.45) is 0 Å². The van der Waals surface area contributed by atoms with Crippen molar-refractivity contribution in [3.8, 4) is 0 Å². The van der Waals surface area contributed by atoms with E-state index in [4.69, 9.17) is 11.6 Å². The number of aliphatic hydroxyl groups is 1. The van der Waals surface area contributed by atoms with Crippen LogP contribution in [0.1, 0.15) is 28.4 Å². The molecule has 0 aliphatic carbocycles. The maximum Gasteiger partial charge on any atom is 0.296 e. The molecule has 0 bridgehead atoms. The van der Waals surface area contributed by atoms with Crippen LogP contribution in [0.4, 0.5) is 0 Å². The molecule has 0 radical (unpaired) electrons. The third kappa shape index (κ3) is 3.72. The summed E-state index contributed by atoms with van der Waals surface area (Å²) in [7, 11) is 0. The number of benzene rings is 2. The van der Waals surface area contributed by atoms with Crippen molar-refractivity contribution in [3.05, 3.63) is 106 Å². The minimum atomic E-state index is -0.731. The van der Waals surface area contributed by atoms with Crippen molar-refractivity contribution in [1.29, 1.82) is 0 Å². The number of ketones is 1. The number of carbonyl (C=O) groups is 2. The first-order chi connectivity index (χ1) is 14.5. The molecule has 0 saturated carbocycles. The Kier molecular flexibility index (Phi) is 5.38. The van der Waals surface area contributed by atoms with Crippen LogP contribution in [0.25, 0.3) is 5.76 Å². The average Bonchev–Trinajstić information content (AvgIpc) is 2.99. The highest BCUT2D eigenvalue weighted by Crippen LogP contribution is 2.40. The number of hydrogen-bond donors (Lipinski definition) is 1. The Bertz CT molecular complexity index is 1160. The van der Waals surface area contributed by atoms with E-state index in [1.165, 1.54) is 4.90 Å². The lowest BCUT2D eigenvalue weighted by atomic mass is 9.94. The predicted molar refractivity (Wildman–Crippen MR) is 115 cm³/mol. The van der Waals surface area contributed by atoms with Gasteiger partial charge < -0.3 is 10.0 Å². The first kappa shape index (κ1) is 19.9. The zero-order valence-corrected chi connectivity index (χ0v) is 17.0. The smallest absolute Gasteiger partial charge is 0.296 e. The number of nitrogens with zero attached hydrogens (tertiary/aromatic N) is 2. The molecular weight excluding hydrogens is 400 g/mol. The maximum absolute atomic E-state index is 13.0. The molecule has 5 nitrogen and oxygen atoms in total. The summed E-state index contributed by atoms with van der Waals surface area (Å²) in [6, 6.07) is 18.8. The number of pyridine rings is 1. The maximum atomic E-state index is 13.0. The normalized spacial score (nSPS) is 18.1. The molecule has 1 unspecified atom stereocenters. The monoisotopic (exact) mass is 418 g/mol. The van der Waals surface area contributed by atoms with E-state index < -0.39 is 17.7 Å². The van der Waals surface area contributed by atoms with E-state index in [-0.39, 0.29) is 17.9 Å². The van der Waals surface area contributed by atoms with Gasteiger partial charge in [-0.05, 0) is 36.8 Å². The van der Waals surface area contributed by atoms with Gasteiger partial charge in [0, 0.05) is 16.8 Å². The standard InChI is InChI=1S/C24H19ClN2O3/c1-15-6-4-7-16(12-15)21-20(22(28)17-8-5-9-18(25)13-17)23(29)24(30)27(21)14-19-10-2-3-11-26-19/h2-13,21,28H,14H2,1H3/b22-20-. The lowest BCUT2D eigenvalue weighted by molar-refractivity contribution is -0.140. The molecule has 1 saturated heterocycles. The van der Waals surface area contributed by atoms with Gasteiger partial charge in [-0.2, -0.15) is 0 Å². The summed E-state index contributed by atoms with van der Waals surface area (Å²) >= 11 is 6.07. The highest BCUT2D eigenvalue weighted by Gasteiger charge is 2.46. The van der Waals surface area contributed by atoms with Crippen LogP contribution in [-0.4, -0.2) is 26.7 Å². The highest BCUT2D eigenvalue weighted by atomic mass is 35.5. The first-order valence-corrected chi connectivity index (χ1v) is 9.84. The van der Waals surface area contributed by atoms with E-state index >= 15 is 0 Å². The van der Waals surface area contributed by atoms with Crippen molar-refractivity contribution in [3.63, 3.8) is 0 Å². The van der Waals surface area contributed by atoms with Gasteiger partial charge in [-0.3, -0.25) is 14.6 Å². The Labute approximate surface area is 179 Å².